The predicted octanol–water partition coefficient (Wildman–Crippen LogP) is 6.28. The number of ether oxygens (including phenoxy) is 2. The van der Waals surface area contributed by atoms with Crippen molar-refractivity contribution in [2.75, 3.05) is 19.0 Å². The number of para-hydroxylation sites is 2. The molecule has 0 fully saturated rings. The number of nitrogens with zero attached hydrogens (tertiary/aromatic N) is 4. The summed E-state index contributed by atoms with van der Waals surface area (Å²) in [5.74, 6) is 0.0938. The number of hydrogen-bond acceptors (Lipinski definition) is 9. The van der Waals surface area contributed by atoms with E-state index < -0.39 is 28.7 Å². The van der Waals surface area contributed by atoms with E-state index in [4.69, 9.17) is 25.5 Å². The average molecular weight is 624 g/mol. The van der Waals surface area contributed by atoms with Gasteiger partial charge in [-0.1, -0.05) is 48.0 Å². The van der Waals surface area contributed by atoms with Crippen molar-refractivity contribution in [2.45, 2.75) is 0 Å². The molecule has 6 aromatic rings. The molecule has 4 aromatic carbocycles. The summed E-state index contributed by atoms with van der Waals surface area (Å²) in [5, 5.41) is 19.8. The van der Waals surface area contributed by atoms with E-state index in [0.29, 0.717) is 33.3 Å². The number of rotatable bonds is 9. The van der Waals surface area contributed by atoms with E-state index in [1.807, 2.05) is 0 Å². The minimum atomic E-state index is -0.690. The Morgan fingerprint density at radius 3 is 2.62 bits per heavy atom. The highest BCUT2D eigenvalue weighted by molar-refractivity contribution is 6.32. The summed E-state index contributed by atoms with van der Waals surface area (Å²) in [4.78, 5) is 41.9. The van der Waals surface area contributed by atoms with Crippen LogP contribution >= 0.6 is 11.6 Å². The molecule has 224 valence electrons. The van der Waals surface area contributed by atoms with Crippen LogP contribution in [0, 0.1) is 10.1 Å². The molecule has 12 nitrogen and oxygen atoms in total. The number of benzene rings is 4. The number of nitrogens with one attached hydrogen (secondary N) is 1. The van der Waals surface area contributed by atoms with Crippen molar-refractivity contribution in [1.82, 2.24) is 9.66 Å². The lowest BCUT2D eigenvalue weighted by molar-refractivity contribution is -0.385. The molecule has 0 atom stereocenters. The molecule has 0 aliphatic rings. The number of nitro groups is 1. The van der Waals surface area contributed by atoms with Gasteiger partial charge in [-0.05, 0) is 48.5 Å². The van der Waals surface area contributed by atoms with Crippen LogP contribution in [0.4, 0.5) is 11.4 Å². The van der Waals surface area contributed by atoms with Crippen LogP contribution in [0.2, 0.25) is 5.02 Å². The fraction of sp³-hybridized carbons (Fsp3) is 0.0625. The average Bonchev–Trinajstić information content (AvgIpc) is 3.48. The fourth-order valence-corrected chi connectivity index (χ4v) is 4.92. The fourth-order valence-electron chi connectivity index (χ4n) is 4.65. The summed E-state index contributed by atoms with van der Waals surface area (Å²) in [6.07, 6.45) is 1.23. The number of carbonyl (C=O) groups is 1. The Morgan fingerprint density at radius 1 is 1.07 bits per heavy atom. The minimum Gasteiger partial charge on any atom is -0.496 e. The van der Waals surface area contributed by atoms with E-state index >= 15 is 0 Å². The number of nitro benzene ring substituents is 1. The van der Waals surface area contributed by atoms with Gasteiger partial charge in [0.1, 0.15) is 11.3 Å². The van der Waals surface area contributed by atoms with Crippen molar-refractivity contribution in [1.29, 1.82) is 0 Å². The lowest BCUT2D eigenvalue weighted by Gasteiger charge is -2.10. The van der Waals surface area contributed by atoms with Gasteiger partial charge in [-0.2, -0.15) is 9.78 Å². The summed E-state index contributed by atoms with van der Waals surface area (Å²) >= 11 is 6.38. The molecule has 2 heterocycles. The lowest BCUT2D eigenvalue weighted by Crippen LogP contribution is -2.20. The molecule has 0 radical (unpaired) electrons. The molecular formula is C32H22ClN5O7. The summed E-state index contributed by atoms with van der Waals surface area (Å²) in [6.45, 7) is -0.521. The third-order valence-electron chi connectivity index (χ3n) is 6.69. The van der Waals surface area contributed by atoms with E-state index in [0.717, 1.165) is 4.68 Å². The number of fused-ring (bicyclic) bond motifs is 2. The van der Waals surface area contributed by atoms with E-state index in [2.05, 4.69) is 15.4 Å². The maximum absolute atomic E-state index is 13.6. The Labute approximate surface area is 259 Å². The zero-order valence-corrected chi connectivity index (χ0v) is 24.2. The molecule has 0 unspecified atom stereocenters. The predicted molar refractivity (Wildman–Crippen MR) is 169 cm³/mol. The van der Waals surface area contributed by atoms with Gasteiger partial charge in [0.05, 0.1) is 39.6 Å². The van der Waals surface area contributed by atoms with Crippen molar-refractivity contribution in [3.63, 3.8) is 0 Å². The van der Waals surface area contributed by atoms with Crippen LogP contribution in [0.1, 0.15) is 5.56 Å². The first-order chi connectivity index (χ1) is 21.8. The van der Waals surface area contributed by atoms with Crippen molar-refractivity contribution < 1.29 is 23.6 Å². The number of hydrogen-bond donors (Lipinski definition) is 1. The smallest absolute Gasteiger partial charge is 0.313 e. The Kier molecular flexibility index (Phi) is 7.95. The zero-order chi connectivity index (χ0) is 31.5. The summed E-state index contributed by atoms with van der Waals surface area (Å²) in [6, 6.07) is 25.0. The Bertz CT molecular complexity index is 2180. The Balaban J connectivity index is 1.36. The van der Waals surface area contributed by atoms with Crippen LogP contribution in [0.15, 0.2) is 105 Å². The van der Waals surface area contributed by atoms with Gasteiger partial charge in [-0.3, -0.25) is 19.7 Å². The number of halogens is 1. The first-order valence-corrected chi connectivity index (χ1v) is 13.8. The van der Waals surface area contributed by atoms with Crippen LogP contribution in [0.3, 0.4) is 0 Å². The monoisotopic (exact) mass is 623 g/mol. The first kappa shape index (κ1) is 29.1. The maximum atomic E-state index is 13.6. The lowest BCUT2D eigenvalue weighted by atomic mass is 10.2. The van der Waals surface area contributed by atoms with Gasteiger partial charge in [0.15, 0.2) is 12.4 Å². The molecule has 0 bridgehead atoms. The van der Waals surface area contributed by atoms with Gasteiger partial charge in [-0.25, -0.2) is 4.98 Å². The number of aromatic nitrogens is 2. The van der Waals surface area contributed by atoms with Crippen LogP contribution in [-0.4, -0.2) is 40.4 Å². The van der Waals surface area contributed by atoms with Gasteiger partial charge < -0.3 is 19.2 Å². The molecule has 0 saturated heterocycles. The molecule has 1 N–H and O–H groups in total. The molecule has 0 spiro atoms. The largest absolute Gasteiger partial charge is 0.496 e. The van der Waals surface area contributed by atoms with Gasteiger partial charge in [0.25, 0.3) is 11.5 Å². The summed E-state index contributed by atoms with van der Waals surface area (Å²) in [7, 11) is 1.54. The van der Waals surface area contributed by atoms with Crippen molar-refractivity contribution in [2.24, 2.45) is 5.10 Å². The van der Waals surface area contributed by atoms with Crippen LogP contribution in [0.5, 0.6) is 11.5 Å². The topological polar surface area (TPSA) is 151 Å². The number of methoxy groups -OCH3 is 1. The number of carbonyl (C=O) groups excluding carboxylic acids is 1. The molecule has 6 rings (SSSR count). The van der Waals surface area contributed by atoms with E-state index in [1.54, 1.807) is 78.9 Å². The van der Waals surface area contributed by atoms with Crippen LogP contribution in [-0.2, 0) is 4.79 Å². The van der Waals surface area contributed by atoms with Gasteiger partial charge in [0, 0.05) is 17.3 Å². The van der Waals surface area contributed by atoms with Crippen molar-refractivity contribution >= 4 is 57.0 Å². The highest BCUT2D eigenvalue weighted by atomic mass is 35.5. The highest BCUT2D eigenvalue weighted by Crippen LogP contribution is 2.36. The highest BCUT2D eigenvalue weighted by Gasteiger charge is 2.22. The molecule has 0 aliphatic carbocycles. The number of anilines is 1. The van der Waals surface area contributed by atoms with Gasteiger partial charge in [0.2, 0.25) is 11.6 Å². The molecule has 0 saturated carbocycles. The third-order valence-corrected chi connectivity index (χ3v) is 6.97. The Morgan fingerprint density at radius 2 is 1.84 bits per heavy atom. The summed E-state index contributed by atoms with van der Waals surface area (Å²) in [5.41, 5.74) is 0.669. The van der Waals surface area contributed by atoms with Crippen LogP contribution in [0.25, 0.3) is 33.5 Å². The summed E-state index contributed by atoms with van der Waals surface area (Å²) < 4.78 is 18.0. The van der Waals surface area contributed by atoms with Gasteiger partial charge >= 0.3 is 5.69 Å². The molecule has 45 heavy (non-hydrogen) atoms. The van der Waals surface area contributed by atoms with Gasteiger partial charge in [-0.15, -0.1) is 0 Å². The quantitative estimate of drug-likeness (QED) is 0.112. The molecule has 1 amide bonds. The van der Waals surface area contributed by atoms with E-state index in [9.17, 15) is 19.7 Å². The molecule has 0 aliphatic heterocycles. The molecule has 13 heteroatoms. The second-order valence-electron chi connectivity index (χ2n) is 9.61. The van der Waals surface area contributed by atoms with Crippen LogP contribution < -0.4 is 20.3 Å². The Hall–Kier alpha value is -6.01. The van der Waals surface area contributed by atoms with Crippen molar-refractivity contribution in [3.8, 4) is 23.1 Å². The standard InChI is InChI=1S/C32H22ClN5O7/c1-43-26-12-7-13-27-22(26)16-28(45-27)31-36-24-11-6-5-10-21(24)32(40)37(31)34-17-19-14-23(33)30(25(15-19)38(41)42)44-18-29(39)35-20-8-3-2-4-9-20/h2-17H,18H2,1H3,(H,35,39). The molecular weight excluding hydrogens is 602 g/mol. The van der Waals surface area contributed by atoms with Crippen molar-refractivity contribution in [3.05, 3.63) is 122 Å². The third kappa shape index (κ3) is 5.94. The number of amides is 1. The zero-order valence-electron chi connectivity index (χ0n) is 23.5. The van der Waals surface area contributed by atoms with E-state index in [1.165, 1.54) is 25.5 Å². The number of furan rings is 1. The molecule has 2 aromatic heterocycles. The SMILES string of the molecule is COc1cccc2oc(-c3nc4ccccc4c(=O)n3N=Cc3cc(Cl)c(OCC(=O)Nc4ccccc4)c([N+](=O)[O-])c3)cc12. The first-order valence-electron chi connectivity index (χ1n) is 13.4. The maximum Gasteiger partial charge on any atom is 0.313 e. The normalized spacial score (nSPS) is 11.2. The second-order valence-corrected chi connectivity index (χ2v) is 10.0. The second kappa shape index (κ2) is 12.3. The van der Waals surface area contributed by atoms with E-state index in [-0.39, 0.29) is 27.9 Å². The minimum absolute atomic E-state index is 0.0955.